The Morgan fingerprint density at radius 2 is 2.06 bits per heavy atom. The largest absolute Gasteiger partial charge is 0.503 e. The van der Waals surface area contributed by atoms with E-state index in [-0.39, 0.29) is 52.7 Å². The summed E-state index contributed by atoms with van der Waals surface area (Å²) in [4.78, 5) is 43.6. The van der Waals surface area contributed by atoms with Crippen LogP contribution >= 0.6 is 11.6 Å². The first kappa shape index (κ1) is 22.9. The molecule has 180 valence electrons. The van der Waals surface area contributed by atoms with Crippen molar-refractivity contribution < 1.29 is 19.1 Å². The van der Waals surface area contributed by atoms with Crippen LogP contribution < -0.4 is 10.7 Å². The third-order valence-electron chi connectivity index (χ3n) is 7.19. The van der Waals surface area contributed by atoms with E-state index < -0.39 is 28.8 Å². The van der Waals surface area contributed by atoms with E-state index in [1.165, 1.54) is 12.1 Å². The zero-order chi connectivity index (χ0) is 24.5. The van der Waals surface area contributed by atoms with Crippen LogP contribution in [0.15, 0.2) is 23.0 Å². The van der Waals surface area contributed by atoms with E-state index in [0.717, 1.165) is 0 Å². The lowest BCUT2D eigenvalue weighted by Crippen LogP contribution is -2.54. The van der Waals surface area contributed by atoms with Gasteiger partial charge in [-0.15, -0.1) is 0 Å². The minimum Gasteiger partial charge on any atom is -0.503 e. The van der Waals surface area contributed by atoms with Gasteiger partial charge in [-0.05, 0) is 39.7 Å². The van der Waals surface area contributed by atoms with Gasteiger partial charge in [0.05, 0.1) is 11.1 Å². The third kappa shape index (κ3) is 3.17. The highest BCUT2D eigenvalue weighted by molar-refractivity contribution is 6.30. The van der Waals surface area contributed by atoms with Gasteiger partial charge in [0.1, 0.15) is 17.5 Å². The molecule has 2 aromatic rings. The summed E-state index contributed by atoms with van der Waals surface area (Å²) < 4.78 is 15.9. The molecule has 0 aliphatic carbocycles. The number of aromatic hydroxyl groups is 1. The second-order valence-corrected chi connectivity index (χ2v) is 9.89. The van der Waals surface area contributed by atoms with Crippen LogP contribution in [0.25, 0.3) is 0 Å². The molecule has 2 N–H and O–H groups in total. The van der Waals surface area contributed by atoms with Crippen molar-refractivity contribution in [3.63, 3.8) is 0 Å². The molecule has 10 heteroatoms. The average Bonchev–Trinajstić information content (AvgIpc) is 3.36. The van der Waals surface area contributed by atoms with Crippen molar-refractivity contribution in [2.45, 2.75) is 64.4 Å². The molecule has 1 aromatic heterocycles. The zero-order valence-electron chi connectivity index (χ0n) is 19.1. The number of pyridine rings is 1. The number of nitrogens with zero attached hydrogens (tertiary/aromatic N) is 3. The minimum absolute atomic E-state index is 0.0472. The Bertz CT molecular complexity index is 1280. The quantitative estimate of drug-likeness (QED) is 0.690. The van der Waals surface area contributed by atoms with Gasteiger partial charge in [-0.2, -0.15) is 0 Å². The van der Waals surface area contributed by atoms with Crippen LogP contribution in [-0.2, 0) is 13.0 Å². The molecule has 0 bridgehead atoms. The lowest BCUT2D eigenvalue weighted by atomic mass is 10.1. The first-order chi connectivity index (χ1) is 16.1. The van der Waals surface area contributed by atoms with E-state index in [9.17, 15) is 23.9 Å². The lowest BCUT2D eigenvalue weighted by molar-refractivity contribution is 0.0271. The second kappa shape index (κ2) is 8.09. The topological polar surface area (TPSA) is 94.9 Å². The molecule has 3 atom stereocenters. The summed E-state index contributed by atoms with van der Waals surface area (Å²) >= 11 is 5.81. The summed E-state index contributed by atoms with van der Waals surface area (Å²) in [7, 11) is 0. The molecule has 0 saturated carbocycles. The molecule has 0 radical (unpaired) electrons. The first-order valence-corrected chi connectivity index (χ1v) is 11.8. The van der Waals surface area contributed by atoms with Crippen LogP contribution in [-0.4, -0.2) is 56.1 Å². The normalized spacial score (nSPS) is 23.4. The maximum atomic E-state index is 14.2. The molecular weight excluding hydrogens is 463 g/mol. The molecule has 3 aliphatic heterocycles. The number of halogens is 2. The van der Waals surface area contributed by atoms with Gasteiger partial charge in [0.2, 0.25) is 5.43 Å². The van der Waals surface area contributed by atoms with Gasteiger partial charge in [-0.3, -0.25) is 19.3 Å². The smallest absolute Gasteiger partial charge is 0.275 e. The predicted molar refractivity (Wildman–Crippen MR) is 124 cm³/mol. The molecule has 2 amide bonds. The number of nitrogens with one attached hydrogen (secondary N) is 1. The van der Waals surface area contributed by atoms with E-state index >= 15 is 0 Å². The Hall–Kier alpha value is -2.91. The van der Waals surface area contributed by atoms with Crippen molar-refractivity contribution in [2.75, 3.05) is 6.54 Å². The zero-order valence-corrected chi connectivity index (χ0v) is 19.9. The number of rotatable bonds is 4. The molecule has 1 saturated heterocycles. The number of hydrogen-bond donors (Lipinski definition) is 2. The maximum absolute atomic E-state index is 14.2. The predicted octanol–water partition coefficient (Wildman–Crippen LogP) is 2.66. The fraction of sp³-hybridized carbons (Fsp3) is 0.458. The number of carbonyl (C=O) groups excluding carboxylic acids is 2. The van der Waals surface area contributed by atoms with Crippen LogP contribution in [0.4, 0.5) is 4.39 Å². The van der Waals surface area contributed by atoms with Crippen LogP contribution in [0.1, 0.15) is 65.3 Å². The highest BCUT2D eigenvalue weighted by atomic mass is 35.5. The molecule has 1 aromatic carbocycles. The van der Waals surface area contributed by atoms with Crippen molar-refractivity contribution >= 4 is 23.4 Å². The standard InChI is InChI=1S/C24H26ClFN4O4/c1-11(2)29-12(3)10-28-23(29)16-8-7-15-17(20(31)21(32)19(24(28)34)30(15)16)22(33)27-9-13-5-4-6-14(25)18(13)26/h4-6,11-12,16,23,32H,7-10H2,1-3H3,(H,27,33). The maximum Gasteiger partial charge on any atom is 0.275 e. The van der Waals surface area contributed by atoms with Gasteiger partial charge >= 0.3 is 0 Å². The Labute approximate surface area is 200 Å². The second-order valence-electron chi connectivity index (χ2n) is 9.48. The average molecular weight is 489 g/mol. The molecule has 1 fully saturated rings. The highest BCUT2D eigenvalue weighted by Gasteiger charge is 2.53. The van der Waals surface area contributed by atoms with Crippen LogP contribution in [0.3, 0.4) is 0 Å². The Kier molecular flexibility index (Phi) is 5.44. The van der Waals surface area contributed by atoms with E-state index in [1.807, 2.05) is 0 Å². The molecule has 5 rings (SSSR count). The van der Waals surface area contributed by atoms with Crippen LogP contribution in [0.2, 0.25) is 5.02 Å². The summed E-state index contributed by atoms with van der Waals surface area (Å²) in [5.41, 5.74) is -0.520. The number of amides is 2. The van der Waals surface area contributed by atoms with Crippen molar-refractivity contribution in [3.05, 3.63) is 61.8 Å². The number of aromatic nitrogens is 1. The molecule has 8 nitrogen and oxygen atoms in total. The SMILES string of the molecule is CC(C)N1C(C)CN2C(=O)c3c(O)c(=O)c(C(=O)NCc4cccc(Cl)c4F)c4n3C(CC4)C21. The molecule has 4 heterocycles. The van der Waals surface area contributed by atoms with Crippen molar-refractivity contribution in [3.8, 4) is 5.75 Å². The number of benzene rings is 1. The van der Waals surface area contributed by atoms with Gasteiger partial charge in [0, 0.05) is 36.4 Å². The number of fused-ring (bicyclic) bond motifs is 2. The first-order valence-electron chi connectivity index (χ1n) is 11.4. The summed E-state index contributed by atoms with van der Waals surface area (Å²) in [5.74, 6) is -2.48. The molecule has 34 heavy (non-hydrogen) atoms. The summed E-state index contributed by atoms with van der Waals surface area (Å²) in [6.45, 7) is 6.54. The van der Waals surface area contributed by atoms with E-state index in [2.05, 4.69) is 31.0 Å². The fourth-order valence-corrected chi connectivity index (χ4v) is 6.08. The fourth-order valence-electron chi connectivity index (χ4n) is 5.89. The van der Waals surface area contributed by atoms with Gasteiger partial charge in [0.25, 0.3) is 11.8 Å². The number of carbonyl (C=O) groups is 2. The Morgan fingerprint density at radius 3 is 2.76 bits per heavy atom. The van der Waals surface area contributed by atoms with E-state index in [1.54, 1.807) is 15.5 Å². The summed E-state index contributed by atoms with van der Waals surface area (Å²) in [5, 5.41) is 13.3. The Morgan fingerprint density at radius 1 is 1.32 bits per heavy atom. The van der Waals surface area contributed by atoms with Gasteiger partial charge < -0.3 is 19.9 Å². The molecular formula is C24H26ClFN4O4. The van der Waals surface area contributed by atoms with E-state index in [0.29, 0.717) is 25.1 Å². The molecule has 3 unspecified atom stereocenters. The highest BCUT2D eigenvalue weighted by Crippen LogP contribution is 2.44. The van der Waals surface area contributed by atoms with Gasteiger partial charge in [-0.25, -0.2) is 4.39 Å². The van der Waals surface area contributed by atoms with E-state index in [4.69, 9.17) is 11.6 Å². The minimum atomic E-state index is -0.884. The Balaban J connectivity index is 1.56. The third-order valence-corrected chi connectivity index (χ3v) is 7.48. The van der Waals surface area contributed by atoms with Crippen molar-refractivity contribution in [1.82, 2.24) is 19.7 Å². The van der Waals surface area contributed by atoms with Gasteiger partial charge in [0.15, 0.2) is 11.4 Å². The summed E-state index contributed by atoms with van der Waals surface area (Å²) in [6, 6.07) is 4.59. The number of hydrogen-bond acceptors (Lipinski definition) is 5. The van der Waals surface area contributed by atoms with Crippen LogP contribution in [0.5, 0.6) is 5.75 Å². The van der Waals surface area contributed by atoms with Crippen molar-refractivity contribution in [1.29, 1.82) is 0 Å². The van der Waals surface area contributed by atoms with Gasteiger partial charge in [-0.1, -0.05) is 23.7 Å². The van der Waals surface area contributed by atoms with Crippen LogP contribution in [0, 0.1) is 5.82 Å². The monoisotopic (exact) mass is 488 g/mol. The lowest BCUT2D eigenvalue weighted by Gasteiger charge is -2.42. The molecule has 3 aliphatic rings. The molecule has 0 spiro atoms. The van der Waals surface area contributed by atoms with Crippen molar-refractivity contribution in [2.24, 2.45) is 0 Å². The summed E-state index contributed by atoms with van der Waals surface area (Å²) in [6.07, 6.45) is 0.831.